The predicted molar refractivity (Wildman–Crippen MR) is 113 cm³/mol. The van der Waals surface area contributed by atoms with Crippen LogP contribution in [-0.2, 0) is 24.3 Å². The maximum Gasteiger partial charge on any atom is 0.348 e. The van der Waals surface area contributed by atoms with E-state index in [0.29, 0.717) is 30.2 Å². The van der Waals surface area contributed by atoms with Gasteiger partial charge in [-0.3, -0.25) is 4.79 Å². The number of carbonyl (C=O) groups is 2. The zero-order chi connectivity index (χ0) is 22.4. The van der Waals surface area contributed by atoms with Crippen LogP contribution in [0.25, 0.3) is 0 Å². The van der Waals surface area contributed by atoms with E-state index in [2.05, 4.69) is 4.72 Å². The number of ether oxygens (including phenoxy) is 3. The summed E-state index contributed by atoms with van der Waals surface area (Å²) in [6.07, 6.45) is -0.256. The Morgan fingerprint density at radius 3 is 2.55 bits per heavy atom. The van der Waals surface area contributed by atoms with Gasteiger partial charge < -0.3 is 19.1 Å². The molecule has 166 valence electrons. The van der Waals surface area contributed by atoms with E-state index in [4.69, 9.17) is 14.2 Å². The van der Waals surface area contributed by atoms with Gasteiger partial charge in [0.1, 0.15) is 11.5 Å². The average molecular weight is 448 g/mol. The number of rotatable bonds is 8. The fourth-order valence-corrected chi connectivity index (χ4v) is 4.12. The molecule has 1 aliphatic heterocycles. The summed E-state index contributed by atoms with van der Waals surface area (Å²) in [7, 11) is -2.32. The van der Waals surface area contributed by atoms with Gasteiger partial charge in [0.25, 0.3) is 5.91 Å². The number of hydrogen-bond acceptors (Lipinski definition) is 7. The highest BCUT2D eigenvalue weighted by atomic mass is 32.2. The molecule has 1 N–H and O–H groups in total. The van der Waals surface area contributed by atoms with Gasteiger partial charge in [-0.25, -0.2) is 17.9 Å². The van der Waals surface area contributed by atoms with Crippen molar-refractivity contribution in [2.45, 2.75) is 24.3 Å². The fourth-order valence-electron chi connectivity index (χ4n) is 2.98. The van der Waals surface area contributed by atoms with E-state index in [9.17, 15) is 18.0 Å². The molecule has 0 fully saturated rings. The van der Waals surface area contributed by atoms with Crippen LogP contribution in [0.2, 0.25) is 0 Å². The molecule has 0 saturated heterocycles. The molecule has 1 heterocycles. The smallest absolute Gasteiger partial charge is 0.348 e. The Labute approximate surface area is 181 Å². The second-order valence-electron chi connectivity index (χ2n) is 6.76. The Bertz CT molecular complexity index is 1040. The first kappa shape index (κ1) is 22.6. The number of sulfonamides is 1. The van der Waals surface area contributed by atoms with E-state index in [1.807, 2.05) is 6.92 Å². The molecule has 0 saturated carbocycles. The van der Waals surface area contributed by atoms with Crippen LogP contribution in [-0.4, -0.2) is 53.2 Å². The third-order valence-corrected chi connectivity index (χ3v) is 6.05. The number of nitrogens with zero attached hydrogens (tertiary/aromatic N) is 1. The van der Waals surface area contributed by atoms with Crippen LogP contribution in [0.3, 0.4) is 0 Å². The molecular formula is C21H24N2O7S. The molecule has 3 rings (SSSR count). The number of carbonyl (C=O) groups excluding carboxylic acids is 2. The zero-order valence-electron chi connectivity index (χ0n) is 17.2. The molecule has 0 bridgehead atoms. The predicted octanol–water partition coefficient (Wildman–Crippen LogP) is 1.72. The second-order valence-corrected chi connectivity index (χ2v) is 8.53. The first-order valence-corrected chi connectivity index (χ1v) is 11.2. The van der Waals surface area contributed by atoms with Crippen LogP contribution in [0, 0.1) is 0 Å². The van der Waals surface area contributed by atoms with E-state index in [1.165, 1.54) is 36.3 Å². The largest absolute Gasteiger partial charge is 0.484 e. The molecule has 2 aromatic carbocycles. The van der Waals surface area contributed by atoms with E-state index in [1.54, 1.807) is 24.3 Å². The van der Waals surface area contributed by atoms with E-state index < -0.39 is 22.1 Å². The number of amides is 1. The molecule has 0 radical (unpaired) electrons. The van der Waals surface area contributed by atoms with Crippen molar-refractivity contribution in [1.82, 2.24) is 4.72 Å². The van der Waals surface area contributed by atoms with E-state index in [0.717, 1.165) is 0 Å². The molecule has 10 heteroatoms. The van der Waals surface area contributed by atoms with Crippen LogP contribution in [0.1, 0.15) is 13.3 Å². The molecule has 1 aliphatic rings. The Morgan fingerprint density at radius 2 is 1.87 bits per heavy atom. The molecule has 0 aromatic heterocycles. The standard InChI is InChI=1S/C21H24N2O7S/c1-3-12-22-31(26,27)16-10-8-15(9-11-16)29-14-20(24)23-13-19(21(25)28-2)30-18-7-5-4-6-17(18)23/h4-11,19,22H,3,12-14H2,1-2H3. The third-order valence-electron chi connectivity index (χ3n) is 4.58. The summed E-state index contributed by atoms with van der Waals surface area (Å²) in [5.41, 5.74) is 0.527. The number of nitrogens with one attached hydrogen (secondary N) is 1. The Hall–Kier alpha value is -3.11. The van der Waals surface area contributed by atoms with Crippen LogP contribution in [0.5, 0.6) is 11.5 Å². The molecule has 2 aromatic rings. The minimum atomic E-state index is -3.58. The summed E-state index contributed by atoms with van der Waals surface area (Å²) in [4.78, 5) is 26.3. The summed E-state index contributed by atoms with van der Waals surface area (Å²) in [6, 6.07) is 12.7. The minimum Gasteiger partial charge on any atom is -0.484 e. The van der Waals surface area contributed by atoms with Crippen molar-refractivity contribution in [1.29, 1.82) is 0 Å². The van der Waals surface area contributed by atoms with Crippen LogP contribution >= 0.6 is 0 Å². The van der Waals surface area contributed by atoms with Gasteiger partial charge in [-0.1, -0.05) is 19.1 Å². The Morgan fingerprint density at radius 1 is 1.16 bits per heavy atom. The highest BCUT2D eigenvalue weighted by Gasteiger charge is 2.34. The lowest BCUT2D eigenvalue weighted by Crippen LogP contribution is -2.48. The fraction of sp³-hybridized carbons (Fsp3) is 0.333. The number of benzene rings is 2. The van der Waals surface area contributed by atoms with Gasteiger partial charge >= 0.3 is 5.97 Å². The lowest BCUT2D eigenvalue weighted by molar-refractivity contribution is -0.148. The lowest BCUT2D eigenvalue weighted by Gasteiger charge is -2.33. The normalized spacial score (nSPS) is 15.5. The van der Waals surface area contributed by atoms with Crippen LogP contribution in [0.4, 0.5) is 5.69 Å². The van der Waals surface area contributed by atoms with Crippen molar-refractivity contribution in [3.63, 3.8) is 0 Å². The maximum atomic E-state index is 12.8. The Kier molecular flexibility index (Phi) is 7.13. The van der Waals surface area contributed by atoms with Crippen molar-refractivity contribution in [3.05, 3.63) is 48.5 Å². The summed E-state index contributed by atoms with van der Waals surface area (Å²) < 4.78 is 42.7. The monoisotopic (exact) mass is 448 g/mol. The highest BCUT2D eigenvalue weighted by molar-refractivity contribution is 7.89. The molecule has 1 unspecified atom stereocenters. The van der Waals surface area contributed by atoms with Gasteiger partial charge in [-0.05, 0) is 42.8 Å². The van der Waals surface area contributed by atoms with Gasteiger partial charge in [0.15, 0.2) is 6.61 Å². The summed E-state index contributed by atoms with van der Waals surface area (Å²) >= 11 is 0. The number of fused-ring (bicyclic) bond motifs is 1. The maximum absolute atomic E-state index is 12.8. The summed E-state index contributed by atoms with van der Waals surface area (Å²) in [5, 5.41) is 0. The molecule has 1 atom stereocenters. The SMILES string of the molecule is CCCNS(=O)(=O)c1ccc(OCC(=O)N2CC(C(=O)OC)Oc3ccccc32)cc1. The van der Waals surface area contributed by atoms with Gasteiger partial charge in [-0.15, -0.1) is 0 Å². The molecular weight excluding hydrogens is 424 g/mol. The average Bonchev–Trinajstić information content (AvgIpc) is 2.80. The van der Waals surface area contributed by atoms with E-state index in [-0.39, 0.29) is 24.0 Å². The van der Waals surface area contributed by atoms with Gasteiger partial charge in [-0.2, -0.15) is 0 Å². The van der Waals surface area contributed by atoms with Crippen molar-refractivity contribution < 1.29 is 32.2 Å². The number of hydrogen-bond donors (Lipinski definition) is 1. The number of methoxy groups -OCH3 is 1. The van der Waals surface area contributed by atoms with Crippen molar-refractivity contribution in [2.24, 2.45) is 0 Å². The van der Waals surface area contributed by atoms with Crippen LogP contribution in [0.15, 0.2) is 53.4 Å². The second kappa shape index (κ2) is 9.80. The molecule has 0 aliphatic carbocycles. The number of para-hydroxylation sites is 2. The summed E-state index contributed by atoms with van der Waals surface area (Å²) in [6.45, 7) is 1.91. The topological polar surface area (TPSA) is 111 Å². The van der Waals surface area contributed by atoms with Crippen molar-refractivity contribution in [3.8, 4) is 11.5 Å². The minimum absolute atomic E-state index is 0.00778. The molecule has 0 spiro atoms. The van der Waals surface area contributed by atoms with Gasteiger partial charge in [0.05, 0.1) is 24.2 Å². The molecule has 9 nitrogen and oxygen atoms in total. The van der Waals surface area contributed by atoms with Crippen molar-refractivity contribution >= 4 is 27.6 Å². The Balaban J connectivity index is 1.68. The quantitative estimate of drug-likeness (QED) is 0.612. The van der Waals surface area contributed by atoms with Crippen molar-refractivity contribution in [2.75, 3.05) is 31.7 Å². The van der Waals surface area contributed by atoms with Crippen LogP contribution < -0.4 is 19.1 Å². The highest BCUT2D eigenvalue weighted by Crippen LogP contribution is 2.33. The van der Waals surface area contributed by atoms with Gasteiger partial charge in [0, 0.05) is 6.54 Å². The van der Waals surface area contributed by atoms with E-state index >= 15 is 0 Å². The molecule has 1 amide bonds. The number of esters is 1. The lowest BCUT2D eigenvalue weighted by atomic mass is 10.2. The zero-order valence-corrected chi connectivity index (χ0v) is 18.1. The first-order valence-electron chi connectivity index (χ1n) is 9.72. The number of anilines is 1. The van der Waals surface area contributed by atoms with Gasteiger partial charge in [0.2, 0.25) is 16.1 Å². The summed E-state index contributed by atoms with van der Waals surface area (Å²) in [5.74, 6) is -0.229. The molecule has 31 heavy (non-hydrogen) atoms. The third kappa shape index (κ3) is 5.33. The first-order chi connectivity index (χ1) is 14.9.